The SMILES string of the molecule is CC(NC(=O)CSc1nccn1C)C1CC1. The third kappa shape index (κ3) is 3.01. The van der Waals surface area contributed by atoms with Gasteiger partial charge in [-0.1, -0.05) is 11.8 Å². The monoisotopic (exact) mass is 239 g/mol. The molecular formula is C11H17N3OS. The van der Waals surface area contributed by atoms with E-state index in [2.05, 4.69) is 17.2 Å². The zero-order chi connectivity index (χ0) is 11.5. The minimum absolute atomic E-state index is 0.104. The Morgan fingerprint density at radius 1 is 1.75 bits per heavy atom. The lowest BCUT2D eigenvalue weighted by Gasteiger charge is -2.12. The van der Waals surface area contributed by atoms with Crippen LogP contribution in [0.3, 0.4) is 0 Å². The molecule has 1 aromatic rings. The van der Waals surface area contributed by atoms with Crippen molar-refractivity contribution < 1.29 is 4.79 Å². The minimum atomic E-state index is 0.104. The van der Waals surface area contributed by atoms with E-state index in [4.69, 9.17) is 0 Å². The summed E-state index contributed by atoms with van der Waals surface area (Å²) in [4.78, 5) is 15.8. The fourth-order valence-corrected chi connectivity index (χ4v) is 2.37. The summed E-state index contributed by atoms with van der Waals surface area (Å²) in [5, 5.41) is 3.91. The van der Waals surface area contributed by atoms with Crippen LogP contribution >= 0.6 is 11.8 Å². The van der Waals surface area contributed by atoms with Crippen LogP contribution in [0.5, 0.6) is 0 Å². The van der Waals surface area contributed by atoms with Gasteiger partial charge in [0, 0.05) is 25.5 Å². The third-order valence-corrected chi connectivity index (χ3v) is 3.89. The second kappa shape index (κ2) is 4.91. The van der Waals surface area contributed by atoms with Crippen molar-refractivity contribution in [3.63, 3.8) is 0 Å². The Kier molecular flexibility index (Phi) is 3.53. The van der Waals surface area contributed by atoms with Crippen molar-refractivity contribution in [2.24, 2.45) is 13.0 Å². The molecule has 0 bridgehead atoms. The molecule has 1 fully saturated rings. The Bertz CT molecular complexity index is 373. The van der Waals surface area contributed by atoms with Crippen molar-refractivity contribution in [1.29, 1.82) is 0 Å². The van der Waals surface area contributed by atoms with Crippen LogP contribution in [0.25, 0.3) is 0 Å². The molecule has 1 aliphatic rings. The van der Waals surface area contributed by atoms with Crippen LogP contribution in [0.15, 0.2) is 17.6 Å². The lowest BCUT2D eigenvalue weighted by Crippen LogP contribution is -2.35. The van der Waals surface area contributed by atoms with Gasteiger partial charge >= 0.3 is 0 Å². The number of hydrogen-bond donors (Lipinski definition) is 1. The number of rotatable bonds is 5. The molecule has 4 nitrogen and oxygen atoms in total. The van der Waals surface area contributed by atoms with Crippen molar-refractivity contribution in [1.82, 2.24) is 14.9 Å². The Balaban J connectivity index is 1.73. The molecule has 5 heteroatoms. The van der Waals surface area contributed by atoms with Gasteiger partial charge in [0.25, 0.3) is 0 Å². The Hall–Kier alpha value is -0.970. The number of thioether (sulfide) groups is 1. The second-order valence-corrected chi connectivity index (χ2v) is 5.25. The van der Waals surface area contributed by atoms with Gasteiger partial charge in [0.1, 0.15) is 0 Å². The van der Waals surface area contributed by atoms with Crippen molar-refractivity contribution in [2.45, 2.75) is 31.0 Å². The zero-order valence-electron chi connectivity index (χ0n) is 9.64. The molecule has 1 N–H and O–H groups in total. The number of hydrogen-bond acceptors (Lipinski definition) is 3. The van der Waals surface area contributed by atoms with Gasteiger partial charge in [0.15, 0.2) is 5.16 Å². The van der Waals surface area contributed by atoms with Crippen LogP contribution < -0.4 is 5.32 Å². The molecule has 0 aliphatic heterocycles. The molecular weight excluding hydrogens is 222 g/mol. The van der Waals surface area contributed by atoms with Gasteiger partial charge in [-0.05, 0) is 25.7 Å². The number of amides is 1. The fraction of sp³-hybridized carbons (Fsp3) is 0.636. The molecule has 0 saturated heterocycles. The maximum Gasteiger partial charge on any atom is 0.230 e. The van der Waals surface area contributed by atoms with Crippen molar-refractivity contribution >= 4 is 17.7 Å². The van der Waals surface area contributed by atoms with E-state index in [0.29, 0.717) is 17.7 Å². The lowest BCUT2D eigenvalue weighted by molar-refractivity contribution is -0.119. The van der Waals surface area contributed by atoms with Gasteiger partial charge in [-0.15, -0.1) is 0 Å². The van der Waals surface area contributed by atoms with Crippen LogP contribution in [-0.4, -0.2) is 27.3 Å². The van der Waals surface area contributed by atoms with Gasteiger partial charge < -0.3 is 9.88 Å². The highest BCUT2D eigenvalue weighted by Crippen LogP contribution is 2.32. The number of imidazole rings is 1. The quantitative estimate of drug-likeness (QED) is 0.791. The van der Waals surface area contributed by atoms with Gasteiger partial charge in [-0.2, -0.15) is 0 Å². The molecule has 1 atom stereocenters. The Labute approximate surface area is 99.8 Å². The maximum atomic E-state index is 11.6. The molecule has 1 unspecified atom stereocenters. The van der Waals surface area contributed by atoms with Crippen LogP contribution in [-0.2, 0) is 11.8 Å². The smallest absolute Gasteiger partial charge is 0.230 e. The highest BCUT2D eigenvalue weighted by Gasteiger charge is 2.28. The average Bonchev–Trinajstić information content (AvgIpc) is 3.00. The first-order valence-electron chi connectivity index (χ1n) is 5.56. The molecule has 1 aliphatic carbocycles. The van der Waals surface area contributed by atoms with Crippen LogP contribution in [0.4, 0.5) is 0 Å². The average molecular weight is 239 g/mol. The first kappa shape index (κ1) is 11.5. The first-order valence-corrected chi connectivity index (χ1v) is 6.55. The zero-order valence-corrected chi connectivity index (χ0v) is 10.5. The highest BCUT2D eigenvalue weighted by atomic mass is 32.2. The number of carbonyl (C=O) groups excluding carboxylic acids is 1. The number of nitrogens with zero attached hydrogens (tertiary/aromatic N) is 2. The van der Waals surface area contributed by atoms with E-state index in [0.717, 1.165) is 5.16 Å². The van der Waals surface area contributed by atoms with E-state index in [9.17, 15) is 4.79 Å². The molecule has 16 heavy (non-hydrogen) atoms. The molecule has 0 radical (unpaired) electrons. The van der Waals surface area contributed by atoms with E-state index >= 15 is 0 Å². The van der Waals surface area contributed by atoms with E-state index < -0.39 is 0 Å². The highest BCUT2D eigenvalue weighted by molar-refractivity contribution is 7.99. The predicted molar refractivity (Wildman–Crippen MR) is 64.3 cm³/mol. The summed E-state index contributed by atoms with van der Waals surface area (Å²) in [5.74, 6) is 1.26. The number of nitrogens with one attached hydrogen (secondary N) is 1. The fourth-order valence-electron chi connectivity index (χ4n) is 1.63. The summed E-state index contributed by atoms with van der Waals surface area (Å²) >= 11 is 1.48. The van der Waals surface area contributed by atoms with Crippen LogP contribution in [0, 0.1) is 5.92 Å². The predicted octanol–water partition coefficient (Wildman–Crippen LogP) is 1.43. The largest absolute Gasteiger partial charge is 0.353 e. The normalized spacial score (nSPS) is 17.1. The minimum Gasteiger partial charge on any atom is -0.353 e. The molecule has 0 spiro atoms. The van der Waals surface area contributed by atoms with Crippen molar-refractivity contribution in [2.75, 3.05) is 5.75 Å². The number of aromatic nitrogens is 2. The van der Waals surface area contributed by atoms with Crippen LogP contribution in [0.2, 0.25) is 0 Å². The molecule has 1 aromatic heterocycles. The van der Waals surface area contributed by atoms with Crippen LogP contribution in [0.1, 0.15) is 19.8 Å². The summed E-state index contributed by atoms with van der Waals surface area (Å²) in [6.07, 6.45) is 6.14. The molecule has 1 heterocycles. The first-order chi connectivity index (χ1) is 7.66. The summed E-state index contributed by atoms with van der Waals surface area (Å²) in [6.45, 7) is 2.08. The van der Waals surface area contributed by atoms with E-state index in [-0.39, 0.29) is 5.91 Å². The lowest BCUT2D eigenvalue weighted by atomic mass is 10.2. The third-order valence-electron chi connectivity index (χ3n) is 2.83. The summed E-state index contributed by atoms with van der Waals surface area (Å²) in [5.41, 5.74) is 0. The Morgan fingerprint density at radius 3 is 3.06 bits per heavy atom. The molecule has 0 aromatic carbocycles. The summed E-state index contributed by atoms with van der Waals surface area (Å²) < 4.78 is 1.92. The standard InChI is InChI=1S/C11H17N3OS/c1-8(9-3-4-9)13-10(15)7-16-11-12-5-6-14(11)2/h5-6,8-9H,3-4,7H2,1-2H3,(H,13,15). The molecule has 1 saturated carbocycles. The van der Waals surface area contributed by atoms with Gasteiger partial charge in [0.05, 0.1) is 5.75 Å². The van der Waals surface area contributed by atoms with E-state index in [1.54, 1.807) is 6.20 Å². The topological polar surface area (TPSA) is 46.9 Å². The van der Waals surface area contributed by atoms with Crippen molar-refractivity contribution in [3.8, 4) is 0 Å². The summed E-state index contributed by atoms with van der Waals surface area (Å²) in [7, 11) is 1.93. The second-order valence-electron chi connectivity index (χ2n) is 4.30. The number of carbonyl (C=O) groups is 1. The summed E-state index contributed by atoms with van der Waals surface area (Å²) in [6, 6.07) is 0.328. The molecule has 88 valence electrons. The van der Waals surface area contributed by atoms with Gasteiger partial charge in [-0.3, -0.25) is 4.79 Å². The van der Waals surface area contributed by atoms with Gasteiger partial charge in [0.2, 0.25) is 5.91 Å². The molecule has 1 amide bonds. The number of aryl methyl sites for hydroxylation is 1. The maximum absolute atomic E-state index is 11.6. The Morgan fingerprint density at radius 2 is 2.50 bits per heavy atom. The van der Waals surface area contributed by atoms with Gasteiger partial charge in [-0.25, -0.2) is 4.98 Å². The molecule has 2 rings (SSSR count). The van der Waals surface area contributed by atoms with E-state index in [1.165, 1.54) is 24.6 Å². The van der Waals surface area contributed by atoms with Crippen molar-refractivity contribution in [3.05, 3.63) is 12.4 Å². The van der Waals surface area contributed by atoms with E-state index in [1.807, 2.05) is 17.8 Å².